The van der Waals surface area contributed by atoms with E-state index in [1.165, 1.54) is 12.8 Å². The Morgan fingerprint density at radius 3 is 2.23 bits per heavy atom. The molecule has 0 bridgehead atoms. The predicted octanol–water partition coefficient (Wildman–Crippen LogP) is 2.09. The molecule has 0 heterocycles. The molecule has 0 saturated heterocycles. The quantitative estimate of drug-likeness (QED) is 0.688. The molecular formula is C11H26N2. The maximum atomic E-state index is 5.83. The van der Waals surface area contributed by atoms with Crippen molar-refractivity contribution < 1.29 is 0 Å². The molecule has 0 radical (unpaired) electrons. The second-order valence-electron chi connectivity index (χ2n) is 4.65. The maximum absolute atomic E-state index is 5.83. The average molecular weight is 186 g/mol. The molecule has 0 aliphatic carbocycles. The molecule has 0 aromatic heterocycles. The van der Waals surface area contributed by atoms with E-state index in [1.54, 1.807) is 0 Å². The molecule has 0 aliphatic heterocycles. The lowest BCUT2D eigenvalue weighted by Crippen LogP contribution is -2.49. The van der Waals surface area contributed by atoms with Gasteiger partial charge in [-0.2, -0.15) is 0 Å². The van der Waals surface area contributed by atoms with E-state index in [0.717, 1.165) is 19.0 Å². The molecule has 1 unspecified atom stereocenters. The SMILES string of the molecule is CCN(C)C(C)(CN)CCC(C)C. The summed E-state index contributed by atoms with van der Waals surface area (Å²) in [5.41, 5.74) is 6.02. The number of hydrogen-bond donors (Lipinski definition) is 1. The molecule has 0 aliphatic rings. The highest BCUT2D eigenvalue weighted by molar-refractivity contribution is 4.85. The molecule has 0 amide bonds. The first-order valence-corrected chi connectivity index (χ1v) is 5.37. The van der Waals surface area contributed by atoms with Gasteiger partial charge in [0.05, 0.1) is 0 Å². The van der Waals surface area contributed by atoms with Crippen LogP contribution < -0.4 is 5.73 Å². The Morgan fingerprint density at radius 2 is 1.92 bits per heavy atom. The number of likely N-dealkylation sites (N-methyl/N-ethyl adjacent to an activating group) is 1. The number of nitrogens with two attached hydrogens (primary N) is 1. The van der Waals surface area contributed by atoms with Crippen LogP contribution >= 0.6 is 0 Å². The highest BCUT2D eigenvalue weighted by Crippen LogP contribution is 2.20. The van der Waals surface area contributed by atoms with Gasteiger partial charge in [0.1, 0.15) is 0 Å². The van der Waals surface area contributed by atoms with Crippen LogP contribution in [0.3, 0.4) is 0 Å². The van der Waals surface area contributed by atoms with Crippen LogP contribution in [0, 0.1) is 5.92 Å². The van der Waals surface area contributed by atoms with E-state index < -0.39 is 0 Å². The van der Waals surface area contributed by atoms with Crippen LogP contribution in [0.25, 0.3) is 0 Å². The van der Waals surface area contributed by atoms with Gasteiger partial charge in [0.25, 0.3) is 0 Å². The second kappa shape index (κ2) is 5.61. The van der Waals surface area contributed by atoms with Crippen LogP contribution in [0.4, 0.5) is 0 Å². The van der Waals surface area contributed by atoms with Gasteiger partial charge in [0.2, 0.25) is 0 Å². The first-order valence-electron chi connectivity index (χ1n) is 5.37. The Hall–Kier alpha value is -0.0800. The maximum Gasteiger partial charge on any atom is 0.0300 e. The first kappa shape index (κ1) is 12.9. The van der Waals surface area contributed by atoms with Crippen molar-refractivity contribution in [3.8, 4) is 0 Å². The van der Waals surface area contributed by atoms with Crippen LogP contribution in [0.15, 0.2) is 0 Å². The van der Waals surface area contributed by atoms with Crippen molar-refractivity contribution in [2.24, 2.45) is 11.7 Å². The Bertz CT molecular complexity index is 134. The molecule has 0 fully saturated rings. The number of nitrogens with zero attached hydrogens (tertiary/aromatic N) is 1. The minimum atomic E-state index is 0.193. The summed E-state index contributed by atoms with van der Waals surface area (Å²) in [7, 11) is 2.16. The van der Waals surface area contributed by atoms with Crippen LogP contribution in [0.1, 0.15) is 40.5 Å². The summed E-state index contributed by atoms with van der Waals surface area (Å²) in [5, 5.41) is 0. The molecule has 0 aromatic carbocycles. The lowest BCUT2D eigenvalue weighted by molar-refractivity contribution is 0.134. The van der Waals surface area contributed by atoms with Crippen LogP contribution in [-0.4, -0.2) is 30.6 Å². The number of hydrogen-bond acceptors (Lipinski definition) is 2. The van der Waals surface area contributed by atoms with Crippen LogP contribution in [0.2, 0.25) is 0 Å². The lowest BCUT2D eigenvalue weighted by atomic mass is 9.90. The van der Waals surface area contributed by atoms with Gasteiger partial charge in [-0.1, -0.05) is 20.8 Å². The summed E-state index contributed by atoms with van der Waals surface area (Å²) in [4.78, 5) is 2.36. The molecule has 0 rings (SSSR count). The van der Waals surface area contributed by atoms with Gasteiger partial charge in [-0.25, -0.2) is 0 Å². The predicted molar refractivity (Wildman–Crippen MR) is 59.8 cm³/mol. The second-order valence-corrected chi connectivity index (χ2v) is 4.65. The molecule has 0 spiro atoms. The molecule has 0 saturated carbocycles. The summed E-state index contributed by atoms with van der Waals surface area (Å²) in [6.45, 7) is 10.8. The van der Waals surface area contributed by atoms with Crippen molar-refractivity contribution in [2.75, 3.05) is 20.1 Å². The van der Waals surface area contributed by atoms with Crippen molar-refractivity contribution in [3.63, 3.8) is 0 Å². The van der Waals surface area contributed by atoms with Gasteiger partial charge in [-0.3, -0.25) is 4.90 Å². The van der Waals surface area contributed by atoms with E-state index in [1.807, 2.05) is 0 Å². The fraction of sp³-hybridized carbons (Fsp3) is 1.00. The minimum absolute atomic E-state index is 0.193. The van der Waals surface area contributed by atoms with Gasteiger partial charge >= 0.3 is 0 Å². The topological polar surface area (TPSA) is 29.3 Å². The molecule has 80 valence electrons. The van der Waals surface area contributed by atoms with E-state index >= 15 is 0 Å². The van der Waals surface area contributed by atoms with Crippen molar-refractivity contribution >= 4 is 0 Å². The van der Waals surface area contributed by atoms with Gasteiger partial charge in [0.15, 0.2) is 0 Å². The summed E-state index contributed by atoms with van der Waals surface area (Å²) < 4.78 is 0. The minimum Gasteiger partial charge on any atom is -0.329 e. The van der Waals surface area contributed by atoms with Gasteiger partial charge in [-0.05, 0) is 39.3 Å². The van der Waals surface area contributed by atoms with E-state index in [2.05, 4.69) is 39.6 Å². The summed E-state index contributed by atoms with van der Waals surface area (Å²) in [6, 6.07) is 0. The van der Waals surface area contributed by atoms with E-state index in [9.17, 15) is 0 Å². The highest BCUT2D eigenvalue weighted by atomic mass is 15.2. The largest absolute Gasteiger partial charge is 0.329 e. The van der Waals surface area contributed by atoms with Crippen LogP contribution in [-0.2, 0) is 0 Å². The first-order chi connectivity index (χ1) is 5.96. The number of rotatable bonds is 6. The van der Waals surface area contributed by atoms with Crippen molar-refractivity contribution in [2.45, 2.75) is 46.1 Å². The Balaban J connectivity index is 4.11. The fourth-order valence-corrected chi connectivity index (χ4v) is 1.43. The zero-order chi connectivity index (χ0) is 10.5. The monoisotopic (exact) mass is 186 g/mol. The van der Waals surface area contributed by atoms with E-state index in [-0.39, 0.29) is 5.54 Å². The third-order valence-electron chi connectivity index (χ3n) is 3.10. The summed E-state index contributed by atoms with van der Waals surface area (Å²) >= 11 is 0. The fourth-order valence-electron chi connectivity index (χ4n) is 1.43. The third-order valence-corrected chi connectivity index (χ3v) is 3.10. The smallest absolute Gasteiger partial charge is 0.0300 e. The van der Waals surface area contributed by atoms with E-state index in [4.69, 9.17) is 5.73 Å². The molecule has 2 nitrogen and oxygen atoms in total. The summed E-state index contributed by atoms with van der Waals surface area (Å²) in [6.07, 6.45) is 2.46. The van der Waals surface area contributed by atoms with Crippen molar-refractivity contribution in [3.05, 3.63) is 0 Å². The van der Waals surface area contributed by atoms with E-state index in [0.29, 0.717) is 0 Å². The molecule has 2 N–H and O–H groups in total. The molecule has 0 aromatic rings. The van der Waals surface area contributed by atoms with Gasteiger partial charge < -0.3 is 5.73 Å². The third kappa shape index (κ3) is 4.10. The standard InChI is InChI=1S/C11H26N2/c1-6-13(5)11(4,9-12)8-7-10(2)3/h10H,6-9,12H2,1-5H3. The molecule has 13 heavy (non-hydrogen) atoms. The molecular weight excluding hydrogens is 160 g/mol. The van der Waals surface area contributed by atoms with Gasteiger partial charge in [-0.15, -0.1) is 0 Å². The average Bonchev–Trinajstić information content (AvgIpc) is 2.12. The Labute approximate surface area is 83.5 Å². The zero-order valence-electron chi connectivity index (χ0n) is 9.93. The lowest BCUT2D eigenvalue weighted by Gasteiger charge is -2.38. The molecule has 1 atom stereocenters. The zero-order valence-corrected chi connectivity index (χ0v) is 9.93. The Kier molecular flexibility index (Phi) is 5.57. The van der Waals surface area contributed by atoms with Crippen molar-refractivity contribution in [1.82, 2.24) is 4.90 Å². The highest BCUT2D eigenvalue weighted by Gasteiger charge is 2.26. The molecule has 2 heteroatoms. The normalized spacial score (nSPS) is 16.6. The Morgan fingerprint density at radius 1 is 1.38 bits per heavy atom. The summed E-state index contributed by atoms with van der Waals surface area (Å²) in [5.74, 6) is 0.774. The van der Waals surface area contributed by atoms with Crippen LogP contribution in [0.5, 0.6) is 0 Å². The van der Waals surface area contributed by atoms with Gasteiger partial charge in [0, 0.05) is 12.1 Å². The van der Waals surface area contributed by atoms with Crippen molar-refractivity contribution in [1.29, 1.82) is 0 Å².